The van der Waals surface area contributed by atoms with Crippen molar-refractivity contribution < 1.29 is 0 Å². The van der Waals surface area contributed by atoms with Gasteiger partial charge in [-0.2, -0.15) is 0 Å². The quantitative estimate of drug-likeness (QED) is 0.325. The van der Waals surface area contributed by atoms with Gasteiger partial charge in [0.15, 0.2) is 0 Å². The van der Waals surface area contributed by atoms with Crippen molar-refractivity contribution in [2.45, 2.75) is 6.92 Å². The van der Waals surface area contributed by atoms with E-state index in [9.17, 15) is 0 Å². The lowest BCUT2D eigenvalue weighted by molar-refractivity contribution is 1.30. The van der Waals surface area contributed by atoms with Gasteiger partial charge < -0.3 is 0 Å². The van der Waals surface area contributed by atoms with Crippen LogP contribution < -0.4 is 0 Å². The first-order chi connectivity index (χ1) is 2.91. The van der Waals surface area contributed by atoms with E-state index in [1.165, 1.54) is 0 Å². The molecule has 0 fully saturated rings. The maximum absolute atomic E-state index is 4.85. The number of nitrogens with zero attached hydrogens (tertiary/aromatic N) is 1. The van der Waals surface area contributed by atoms with E-state index < -0.39 is 0 Å². The van der Waals surface area contributed by atoms with E-state index >= 15 is 0 Å². The summed E-state index contributed by atoms with van der Waals surface area (Å²) in [5.74, 6) is 2.37. The fourth-order valence-corrected chi connectivity index (χ4v) is 0.144. The van der Waals surface area contributed by atoms with Crippen LogP contribution in [0.3, 0.4) is 0 Å². The Morgan fingerprint density at radius 2 is 2.67 bits per heavy atom. The Labute approximate surface area is 38.1 Å². The molecule has 0 rings (SSSR count). The number of hydrogen-bond donors (Lipinski definition) is 0. The van der Waals surface area contributed by atoms with Crippen LogP contribution in [-0.2, 0) is 0 Å². The first-order valence-corrected chi connectivity index (χ1v) is 1.79. The van der Waals surface area contributed by atoms with Crippen LogP contribution in [0.2, 0.25) is 0 Å². The molecule has 0 bridgehead atoms. The molecule has 0 saturated heterocycles. The van der Waals surface area contributed by atoms with E-state index in [-0.39, 0.29) is 0 Å². The number of rotatable bonds is 1. The summed E-state index contributed by atoms with van der Waals surface area (Å²) in [4.78, 5) is 3.73. The van der Waals surface area contributed by atoms with Gasteiger partial charge in [0, 0.05) is 0 Å². The van der Waals surface area contributed by atoms with Gasteiger partial charge in [-0.05, 0) is 13.1 Å². The summed E-state index contributed by atoms with van der Waals surface area (Å²) >= 11 is 0. The molecule has 6 heavy (non-hydrogen) atoms. The number of aliphatic imine (C=N–C) groups is 1. The molecule has 0 heterocycles. The second-order valence-corrected chi connectivity index (χ2v) is 0.803. The smallest absolute Gasteiger partial charge is 0.0990 e. The molecule has 1 nitrogen and oxygen atoms in total. The Hall–Kier alpha value is -0.770. The third-order valence-electron chi connectivity index (χ3n) is 0.365. The zero-order valence-corrected chi connectivity index (χ0v) is 3.81. The van der Waals surface area contributed by atoms with Gasteiger partial charge in [0.2, 0.25) is 0 Å². The fourth-order valence-electron chi connectivity index (χ4n) is 0.144. The highest BCUT2D eigenvalue weighted by Crippen LogP contribution is 1.58. The molecule has 1 heteroatoms. The molecule has 32 valence electrons. The predicted molar refractivity (Wildman–Crippen MR) is 27.9 cm³/mol. The van der Waals surface area contributed by atoms with Crippen LogP contribution in [0, 0.1) is 12.3 Å². The van der Waals surface area contributed by atoms with Gasteiger partial charge in [0.1, 0.15) is 0 Å². The molecule has 0 unspecified atom stereocenters. The van der Waals surface area contributed by atoms with Crippen LogP contribution in [0.5, 0.6) is 0 Å². The average molecular weight is 81.1 g/mol. The molecule has 0 aromatic carbocycles. The largest absolute Gasteiger partial charge is 0.285 e. The van der Waals surface area contributed by atoms with Crippen LogP contribution in [0.4, 0.5) is 0 Å². The molecule has 0 saturated carbocycles. The average Bonchev–Trinajstić information content (AvgIpc) is 1.61. The summed E-state index contributed by atoms with van der Waals surface area (Å²) in [5.41, 5.74) is 0. The van der Waals surface area contributed by atoms with Crippen LogP contribution in [0.1, 0.15) is 6.92 Å². The summed E-state index contributed by atoms with van der Waals surface area (Å²) in [5, 5.41) is 0. The van der Waals surface area contributed by atoms with Crippen LogP contribution in [0.15, 0.2) is 4.99 Å². The van der Waals surface area contributed by atoms with Crippen molar-refractivity contribution in [1.82, 2.24) is 0 Å². The lowest BCUT2D eigenvalue weighted by Gasteiger charge is -1.69. The Morgan fingerprint density at radius 3 is 2.83 bits per heavy atom. The normalized spacial score (nSPS) is 8.67. The summed E-state index contributed by atoms with van der Waals surface area (Å²) in [7, 11) is 0. The second kappa shape index (κ2) is 4.23. The summed E-state index contributed by atoms with van der Waals surface area (Å²) < 4.78 is 0. The third-order valence-corrected chi connectivity index (χ3v) is 0.365. The Bertz CT molecular complexity index is 76.4. The van der Waals surface area contributed by atoms with Gasteiger partial charge in [0.25, 0.3) is 0 Å². The zero-order valence-electron chi connectivity index (χ0n) is 3.81. The first kappa shape index (κ1) is 5.23. The fraction of sp³-hybridized carbons (Fsp3) is 0.400. The van der Waals surface area contributed by atoms with Gasteiger partial charge in [0.05, 0.1) is 6.54 Å². The minimum atomic E-state index is 0.510. The van der Waals surface area contributed by atoms with Crippen molar-refractivity contribution in [1.29, 1.82) is 0 Å². The lowest BCUT2D eigenvalue weighted by atomic mass is 10.7. The van der Waals surface area contributed by atoms with Crippen LogP contribution in [0.25, 0.3) is 0 Å². The van der Waals surface area contributed by atoms with Gasteiger partial charge in [-0.15, -0.1) is 6.42 Å². The lowest BCUT2D eigenvalue weighted by Crippen LogP contribution is -1.67. The SMILES string of the molecule is C#CCN=CC. The van der Waals surface area contributed by atoms with E-state index in [1.54, 1.807) is 6.21 Å². The molecule has 0 radical (unpaired) electrons. The second-order valence-electron chi connectivity index (χ2n) is 0.803. The molecule has 0 atom stereocenters. The standard InChI is InChI=1S/C5H7N/c1-3-5-6-4-2/h1,4H,5H2,2H3. The molecule has 0 aliphatic rings. The predicted octanol–water partition coefficient (Wildman–Crippen LogP) is 0.710. The Morgan fingerprint density at radius 1 is 2.00 bits per heavy atom. The molecular formula is C5H7N. The Balaban J connectivity index is 2.92. The van der Waals surface area contributed by atoms with Gasteiger partial charge in [-0.1, -0.05) is 5.92 Å². The maximum atomic E-state index is 4.85. The van der Waals surface area contributed by atoms with Crippen molar-refractivity contribution in [2.24, 2.45) is 4.99 Å². The molecule has 0 aromatic heterocycles. The maximum Gasteiger partial charge on any atom is 0.0990 e. The first-order valence-electron chi connectivity index (χ1n) is 1.79. The topological polar surface area (TPSA) is 12.4 Å². The molecule has 0 aliphatic heterocycles. The monoisotopic (exact) mass is 81.1 g/mol. The van der Waals surface area contributed by atoms with Crippen molar-refractivity contribution >= 4 is 6.21 Å². The minimum absolute atomic E-state index is 0.510. The molecule has 0 aromatic rings. The van der Waals surface area contributed by atoms with E-state index in [0.717, 1.165) is 0 Å². The molecule has 0 spiro atoms. The van der Waals surface area contributed by atoms with E-state index in [1.807, 2.05) is 6.92 Å². The number of terminal acetylenes is 1. The van der Waals surface area contributed by atoms with Crippen molar-refractivity contribution in [3.63, 3.8) is 0 Å². The minimum Gasteiger partial charge on any atom is -0.285 e. The van der Waals surface area contributed by atoms with E-state index in [0.29, 0.717) is 6.54 Å². The highest BCUT2D eigenvalue weighted by Gasteiger charge is 1.56. The van der Waals surface area contributed by atoms with Crippen molar-refractivity contribution in [3.8, 4) is 12.3 Å². The third kappa shape index (κ3) is 3.23. The van der Waals surface area contributed by atoms with Gasteiger partial charge >= 0.3 is 0 Å². The Kier molecular flexibility index (Phi) is 3.69. The van der Waals surface area contributed by atoms with E-state index in [2.05, 4.69) is 10.9 Å². The molecule has 0 N–H and O–H groups in total. The summed E-state index contributed by atoms with van der Waals surface area (Å²) in [6.45, 7) is 2.36. The molecule has 0 amide bonds. The molecule has 0 aliphatic carbocycles. The zero-order chi connectivity index (χ0) is 4.83. The highest BCUT2D eigenvalue weighted by molar-refractivity contribution is 5.53. The summed E-state index contributed by atoms with van der Waals surface area (Å²) in [6, 6.07) is 0. The van der Waals surface area contributed by atoms with Gasteiger partial charge in [-0.3, -0.25) is 4.99 Å². The van der Waals surface area contributed by atoms with Gasteiger partial charge in [-0.25, -0.2) is 0 Å². The van der Waals surface area contributed by atoms with Crippen molar-refractivity contribution in [2.75, 3.05) is 6.54 Å². The molecular weight excluding hydrogens is 74.1 g/mol. The summed E-state index contributed by atoms with van der Waals surface area (Å²) in [6.07, 6.45) is 6.55. The van der Waals surface area contributed by atoms with Crippen molar-refractivity contribution in [3.05, 3.63) is 0 Å². The van der Waals surface area contributed by atoms with E-state index in [4.69, 9.17) is 6.42 Å². The number of hydrogen-bond acceptors (Lipinski definition) is 1. The van der Waals surface area contributed by atoms with Crippen LogP contribution >= 0.6 is 0 Å². The van der Waals surface area contributed by atoms with Crippen LogP contribution in [-0.4, -0.2) is 12.8 Å². The highest BCUT2D eigenvalue weighted by atomic mass is 14.7.